The van der Waals surface area contributed by atoms with E-state index < -0.39 is 67.3 Å². The third-order valence-corrected chi connectivity index (χ3v) is 10.9. The lowest BCUT2D eigenvalue weighted by molar-refractivity contribution is -0.301. The maximum atomic E-state index is 13.0. The van der Waals surface area contributed by atoms with Crippen LogP contribution in [0.5, 0.6) is 0 Å². The van der Waals surface area contributed by atoms with Crippen molar-refractivity contribution in [2.75, 3.05) is 13.2 Å². The molecule has 0 saturated carbocycles. The lowest BCUT2D eigenvalue weighted by Crippen LogP contribution is -2.61. The minimum absolute atomic E-state index is 0.0333. The quantitative estimate of drug-likeness (QED) is 0.0229. The molecule has 380 valence electrons. The molecule has 0 spiro atoms. The van der Waals surface area contributed by atoms with Crippen molar-refractivity contribution in [2.45, 2.75) is 225 Å². The van der Waals surface area contributed by atoms with Crippen LogP contribution in [0.1, 0.15) is 188 Å². The second-order valence-corrected chi connectivity index (χ2v) is 17.1. The molecule has 6 unspecified atom stereocenters. The van der Waals surface area contributed by atoms with Crippen molar-refractivity contribution in [3.05, 3.63) is 85.1 Å². The zero-order valence-electron chi connectivity index (χ0n) is 41.4. The Balaban J connectivity index is 2.80. The topological polar surface area (TPSA) is 175 Å². The van der Waals surface area contributed by atoms with Crippen LogP contribution in [0.2, 0.25) is 0 Å². The highest BCUT2D eigenvalue weighted by Crippen LogP contribution is 2.26. The number of carboxylic acid groups (broad SMARTS) is 1. The van der Waals surface area contributed by atoms with Crippen molar-refractivity contribution in [3.8, 4) is 0 Å². The molecule has 1 aliphatic rings. The highest BCUT2D eigenvalue weighted by molar-refractivity contribution is 5.74. The van der Waals surface area contributed by atoms with Gasteiger partial charge in [0.05, 0.1) is 6.61 Å². The molecule has 1 heterocycles. The number of esters is 3. The number of aliphatic hydroxyl groups is 2. The van der Waals surface area contributed by atoms with E-state index in [1.54, 1.807) is 0 Å². The van der Waals surface area contributed by atoms with Crippen LogP contribution in [0.25, 0.3) is 0 Å². The molecule has 1 saturated heterocycles. The molecule has 67 heavy (non-hydrogen) atoms. The molecule has 0 aromatic heterocycles. The maximum Gasteiger partial charge on any atom is 0.335 e. The molecule has 12 nitrogen and oxygen atoms in total. The van der Waals surface area contributed by atoms with E-state index in [1.165, 1.54) is 12.8 Å². The molecule has 6 atom stereocenters. The van der Waals surface area contributed by atoms with Gasteiger partial charge in [0, 0.05) is 19.3 Å². The zero-order chi connectivity index (χ0) is 49.0. The number of allylic oxidation sites excluding steroid dienone is 14. The predicted molar refractivity (Wildman–Crippen MR) is 266 cm³/mol. The van der Waals surface area contributed by atoms with Crippen LogP contribution in [0, 0.1) is 0 Å². The number of carboxylic acids is 1. The van der Waals surface area contributed by atoms with E-state index in [0.29, 0.717) is 19.3 Å². The first-order chi connectivity index (χ1) is 32.6. The van der Waals surface area contributed by atoms with E-state index in [1.807, 2.05) is 12.2 Å². The first-order valence-corrected chi connectivity index (χ1v) is 25.6. The average Bonchev–Trinajstić information content (AvgIpc) is 3.31. The Kier molecular flexibility index (Phi) is 39.3. The average molecular weight is 941 g/mol. The lowest BCUT2D eigenvalue weighted by atomic mass is 9.98. The number of carbonyl (C=O) groups excluding carboxylic acids is 3. The normalized spacial score (nSPS) is 19.6. The standard InChI is InChI=1S/C55H88O12/c1-4-7-10-13-16-19-22-24-27-29-32-35-38-41-47(56)63-44-46(65-48(57)42-39-36-33-30-26-21-18-15-12-9-6-3)45-64-55-53(51(60)50(59)52(67-55)54(61)62)66-49(58)43-40-37-34-31-28-25-23-20-17-14-11-8-5-2/h7,10-11,14-16,18-20,23-24,27,32,35,46,50-53,55,59-60H,4-6,8-9,12-13,17,21-22,25-26,28-31,33-34,36-45H2,1-3H3,(H,61,62)/b10-7-,14-11-,18-15-,19-16-,23-20-,27-24-,35-32-. The van der Waals surface area contributed by atoms with Gasteiger partial charge < -0.3 is 39.0 Å². The van der Waals surface area contributed by atoms with E-state index in [9.17, 15) is 34.5 Å². The number of rotatable bonds is 41. The highest BCUT2D eigenvalue weighted by atomic mass is 16.7. The number of unbranched alkanes of at least 4 members (excludes halogenated alkanes) is 13. The third kappa shape index (κ3) is 33.9. The van der Waals surface area contributed by atoms with Gasteiger partial charge in [-0.15, -0.1) is 0 Å². The Morgan fingerprint density at radius 2 is 1.00 bits per heavy atom. The van der Waals surface area contributed by atoms with Gasteiger partial charge in [-0.3, -0.25) is 14.4 Å². The number of hydrogen-bond acceptors (Lipinski definition) is 11. The molecule has 0 aromatic rings. The van der Waals surface area contributed by atoms with Crippen molar-refractivity contribution < 1.29 is 58.2 Å². The Morgan fingerprint density at radius 3 is 1.57 bits per heavy atom. The van der Waals surface area contributed by atoms with Gasteiger partial charge in [0.1, 0.15) is 18.8 Å². The molecular weight excluding hydrogens is 853 g/mol. The van der Waals surface area contributed by atoms with Gasteiger partial charge in [0.25, 0.3) is 0 Å². The third-order valence-electron chi connectivity index (χ3n) is 10.9. The smallest absolute Gasteiger partial charge is 0.335 e. The fraction of sp³-hybridized carbons (Fsp3) is 0.673. The van der Waals surface area contributed by atoms with Crippen LogP contribution < -0.4 is 0 Å². The van der Waals surface area contributed by atoms with Gasteiger partial charge in [0.15, 0.2) is 24.6 Å². The Hall–Kier alpha value is -4.10. The van der Waals surface area contributed by atoms with Crippen molar-refractivity contribution in [3.63, 3.8) is 0 Å². The molecular formula is C55H88O12. The first-order valence-electron chi connectivity index (χ1n) is 25.6. The fourth-order valence-corrected chi connectivity index (χ4v) is 6.99. The summed E-state index contributed by atoms with van der Waals surface area (Å²) in [5, 5.41) is 31.3. The van der Waals surface area contributed by atoms with Gasteiger partial charge >= 0.3 is 23.9 Å². The van der Waals surface area contributed by atoms with E-state index in [4.69, 9.17) is 23.7 Å². The van der Waals surface area contributed by atoms with Gasteiger partial charge in [-0.25, -0.2) is 4.79 Å². The van der Waals surface area contributed by atoms with E-state index in [2.05, 4.69) is 93.7 Å². The minimum Gasteiger partial charge on any atom is -0.479 e. The Morgan fingerprint density at radius 1 is 0.507 bits per heavy atom. The molecule has 12 heteroatoms. The second-order valence-electron chi connectivity index (χ2n) is 17.1. The molecule has 1 aliphatic heterocycles. The molecule has 0 amide bonds. The molecule has 0 bridgehead atoms. The number of aliphatic carboxylic acids is 1. The number of carbonyl (C=O) groups is 4. The number of ether oxygens (including phenoxy) is 5. The van der Waals surface area contributed by atoms with Crippen molar-refractivity contribution >= 4 is 23.9 Å². The van der Waals surface area contributed by atoms with Crippen molar-refractivity contribution in [2.24, 2.45) is 0 Å². The van der Waals surface area contributed by atoms with Gasteiger partial charge in [-0.1, -0.05) is 164 Å². The second kappa shape index (κ2) is 43.2. The Labute approximate surface area is 403 Å². The Bertz CT molecular complexity index is 1490. The van der Waals surface area contributed by atoms with Crippen LogP contribution in [-0.2, 0) is 42.9 Å². The van der Waals surface area contributed by atoms with Crippen LogP contribution in [0.4, 0.5) is 0 Å². The van der Waals surface area contributed by atoms with E-state index in [0.717, 1.165) is 116 Å². The van der Waals surface area contributed by atoms with Gasteiger partial charge in [0.2, 0.25) is 0 Å². The molecule has 0 radical (unpaired) electrons. The monoisotopic (exact) mass is 941 g/mol. The number of hydrogen-bond donors (Lipinski definition) is 3. The largest absolute Gasteiger partial charge is 0.479 e. The SMILES string of the molecule is CC/C=C\C/C=C\C/C=C\C/C=C\CCC(=O)OCC(COC1OC(C(=O)O)C(O)C(O)C1OC(=O)CCCCCCC/C=C\C/C=C\CCC)OC(=O)CCCCCCC/C=C\CCCC. The van der Waals surface area contributed by atoms with Crippen LogP contribution >= 0.6 is 0 Å². The maximum absolute atomic E-state index is 13.0. The minimum atomic E-state index is -1.92. The van der Waals surface area contributed by atoms with Crippen LogP contribution in [0.15, 0.2) is 85.1 Å². The lowest BCUT2D eigenvalue weighted by Gasteiger charge is -2.40. The van der Waals surface area contributed by atoms with Crippen molar-refractivity contribution in [1.29, 1.82) is 0 Å². The summed E-state index contributed by atoms with van der Waals surface area (Å²) in [5.41, 5.74) is 0. The summed E-state index contributed by atoms with van der Waals surface area (Å²) in [6, 6.07) is 0. The van der Waals surface area contributed by atoms with Crippen LogP contribution in [0.3, 0.4) is 0 Å². The van der Waals surface area contributed by atoms with Crippen molar-refractivity contribution in [1.82, 2.24) is 0 Å². The fourth-order valence-electron chi connectivity index (χ4n) is 6.99. The summed E-state index contributed by atoms with van der Waals surface area (Å²) in [7, 11) is 0. The van der Waals surface area contributed by atoms with Gasteiger partial charge in [-0.2, -0.15) is 0 Å². The highest BCUT2D eigenvalue weighted by Gasteiger charge is 2.50. The summed E-state index contributed by atoms with van der Waals surface area (Å²) in [6.07, 6.45) is 41.7. The summed E-state index contributed by atoms with van der Waals surface area (Å²) in [5.74, 6) is -3.27. The first kappa shape index (κ1) is 60.9. The summed E-state index contributed by atoms with van der Waals surface area (Å²) in [4.78, 5) is 50.7. The summed E-state index contributed by atoms with van der Waals surface area (Å²) >= 11 is 0. The molecule has 0 aliphatic carbocycles. The predicted octanol–water partition coefficient (Wildman–Crippen LogP) is 12.0. The molecule has 1 fully saturated rings. The van der Waals surface area contributed by atoms with E-state index >= 15 is 0 Å². The number of aliphatic hydroxyl groups excluding tert-OH is 2. The summed E-state index contributed by atoms with van der Waals surface area (Å²) in [6.45, 7) is 5.65. The molecule has 0 aromatic carbocycles. The summed E-state index contributed by atoms with van der Waals surface area (Å²) < 4.78 is 28.1. The van der Waals surface area contributed by atoms with Gasteiger partial charge in [-0.05, 0) is 89.9 Å². The van der Waals surface area contributed by atoms with E-state index in [-0.39, 0.29) is 25.9 Å². The molecule has 1 rings (SSSR count). The molecule has 3 N–H and O–H groups in total. The zero-order valence-corrected chi connectivity index (χ0v) is 41.4. The van der Waals surface area contributed by atoms with Crippen LogP contribution in [-0.4, -0.2) is 89.2 Å².